The van der Waals surface area contributed by atoms with E-state index in [0.29, 0.717) is 15.4 Å². The Morgan fingerprint density at radius 1 is 1.47 bits per heavy atom. The molecule has 0 radical (unpaired) electrons. The number of pyridine rings is 1. The number of rotatable bonds is 2. The summed E-state index contributed by atoms with van der Waals surface area (Å²) in [5.41, 5.74) is 0.361. The molecule has 2 heterocycles. The lowest BCUT2D eigenvalue weighted by Gasteiger charge is -2.00. The fourth-order valence-corrected chi connectivity index (χ4v) is 1.85. The van der Waals surface area contributed by atoms with E-state index in [1.807, 2.05) is 0 Å². The molecule has 1 amide bonds. The zero-order valence-corrected chi connectivity index (χ0v) is 9.88. The van der Waals surface area contributed by atoms with Gasteiger partial charge in [-0.15, -0.1) is 11.3 Å². The van der Waals surface area contributed by atoms with Crippen LogP contribution in [0.15, 0.2) is 34.4 Å². The van der Waals surface area contributed by atoms with Gasteiger partial charge < -0.3 is 0 Å². The van der Waals surface area contributed by atoms with Crippen LogP contribution in [0.2, 0.25) is 0 Å². The molecule has 4 nitrogen and oxygen atoms in total. The second-order valence-corrected chi connectivity index (χ2v) is 4.34. The number of amides is 1. The van der Waals surface area contributed by atoms with E-state index >= 15 is 0 Å². The number of carbonyl (C=O) groups excluding carboxylic acids is 1. The van der Waals surface area contributed by atoms with Gasteiger partial charge in [0.1, 0.15) is 10.3 Å². The molecule has 0 aromatic carbocycles. The number of halogens is 1. The number of thiazole rings is 1. The van der Waals surface area contributed by atoms with Crippen LogP contribution in [-0.2, 0) is 0 Å². The second-order valence-electron chi connectivity index (χ2n) is 2.64. The number of nitrogens with zero attached hydrogens (tertiary/aromatic N) is 2. The molecular formula is C9H6BrN3OS. The number of hydrogen-bond donors (Lipinski definition) is 1. The van der Waals surface area contributed by atoms with Gasteiger partial charge in [0, 0.05) is 11.6 Å². The topological polar surface area (TPSA) is 54.9 Å². The summed E-state index contributed by atoms with van der Waals surface area (Å²) in [5.74, 6) is -0.258. The minimum absolute atomic E-state index is 0.258. The summed E-state index contributed by atoms with van der Waals surface area (Å²) in [6.45, 7) is 0. The molecule has 0 atom stereocenters. The van der Waals surface area contributed by atoms with E-state index in [2.05, 4.69) is 31.2 Å². The summed E-state index contributed by atoms with van der Waals surface area (Å²) in [7, 11) is 0. The predicted octanol–water partition coefficient (Wildman–Crippen LogP) is 2.55. The quantitative estimate of drug-likeness (QED) is 0.862. The van der Waals surface area contributed by atoms with Crippen LogP contribution in [0.4, 0.5) is 5.13 Å². The van der Waals surface area contributed by atoms with E-state index in [4.69, 9.17) is 0 Å². The highest BCUT2D eigenvalue weighted by Gasteiger charge is 2.08. The third kappa shape index (κ3) is 2.60. The zero-order chi connectivity index (χ0) is 10.7. The Kier molecular flexibility index (Phi) is 3.08. The van der Waals surface area contributed by atoms with Crippen molar-refractivity contribution in [3.63, 3.8) is 0 Å². The first-order valence-corrected chi connectivity index (χ1v) is 5.76. The first-order valence-electron chi connectivity index (χ1n) is 4.09. The molecule has 1 N–H and O–H groups in total. The molecule has 0 aliphatic heterocycles. The van der Waals surface area contributed by atoms with Gasteiger partial charge in [-0.2, -0.15) is 0 Å². The van der Waals surface area contributed by atoms with Crippen molar-refractivity contribution in [2.45, 2.75) is 0 Å². The van der Waals surface area contributed by atoms with Crippen molar-refractivity contribution in [2.75, 3.05) is 5.32 Å². The Labute approximate surface area is 98.5 Å². The molecule has 0 unspecified atom stereocenters. The standard InChI is InChI=1S/C9H6BrN3OS/c10-7-3-1-2-6(12-7)8(14)13-9-11-4-5-15-9/h1-5H,(H,11,13,14). The lowest BCUT2D eigenvalue weighted by molar-refractivity contribution is 0.102. The van der Waals surface area contributed by atoms with Crippen molar-refractivity contribution in [3.8, 4) is 0 Å². The van der Waals surface area contributed by atoms with E-state index in [-0.39, 0.29) is 5.91 Å². The Bertz CT molecular complexity index is 472. The molecule has 2 aromatic heterocycles. The predicted molar refractivity (Wildman–Crippen MR) is 62.0 cm³/mol. The second kappa shape index (κ2) is 4.50. The highest BCUT2D eigenvalue weighted by atomic mass is 79.9. The summed E-state index contributed by atoms with van der Waals surface area (Å²) >= 11 is 4.57. The fraction of sp³-hybridized carbons (Fsp3) is 0. The van der Waals surface area contributed by atoms with Gasteiger partial charge in [-0.3, -0.25) is 10.1 Å². The van der Waals surface area contributed by atoms with E-state index in [1.165, 1.54) is 11.3 Å². The molecule has 2 aromatic rings. The van der Waals surface area contributed by atoms with Crippen LogP contribution < -0.4 is 5.32 Å². The summed E-state index contributed by atoms with van der Waals surface area (Å²) in [6.07, 6.45) is 1.63. The van der Waals surface area contributed by atoms with Crippen molar-refractivity contribution in [1.29, 1.82) is 0 Å². The van der Waals surface area contributed by atoms with Gasteiger partial charge in [0.25, 0.3) is 5.91 Å². The third-order valence-electron chi connectivity index (χ3n) is 1.60. The van der Waals surface area contributed by atoms with E-state index in [0.717, 1.165) is 0 Å². The normalized spacial score (nSPS) is 9.93. The molecule has 0 aliphatic carbocycles. The molecule has 15 heavy (non-hydrogen) atoms. The lowest BCUT2D eigenvalue weighted by Crippen LogP contribution is -2.13. The molecule has 0 saturated heterocycles. The van der Waals surface area contributed by atoms with Crippen LogP contribution in [0.1, 0.15) is 10.5 Å². The summed E-state index contributed by atoms with van der Waals surface area (Å²) < 4.78 is 0.634. The van der Waals surface area contributed by atoms with Crippen LogP contribution in [-0.4, -0.2) is 15.9 Å². The van der Waals surface area contributed by atoms with Crippen LogP contribution in [0.5, 0.6) is 0 Å². The number of anilines is 1. The highest BCUT2D eigenvalue weighted by Crippen LogP contribution is 2.12. The molecule has 2 rings (SSSR count). The van der Waals surface area contributed by atoms with Crippen molar-refractivity contribution >= 4 is 38.3 Å². The van der Waals surface area contributed by atoms with Gasteiger partial charge in [-0.1, -0.05) is 6.07 Å². The maximum absolute atomic E-state index is 11.6. The molecule has 0 saturated carbocycles. The van der Waals surface area contributed by atoms with Gasteiger partial charge in [0.2, 0.25) is 0 Å². The van der Waals surface area contributed by atoms with Crippen LogP contribution in [0, 0.1) is 0 Å². The molecule has 0 bridgehead atoms. The molecular weight excluding hydrogens is 278 g/mol. The maximum Gasteiger partial charge on any atom is 0.276 e. The minimum atomic E-state index is -0.258. The molecule has 0 spiro atoms. The molecule has 76 valence electrons. The first-order chi connectivity index (χ1) is 7.25. The maximum atomic E-state index is 11.6. The smallest absolute Gasteiger partial charge is 0.276 e. The summed E-state index contributed by atoms with van der Waals surface area (Å²) in [6, 6.07) is 5.17. The number of hydrogen-bond acceptors (Lipinski definition) is 4. The van der Waals surface area contributed by atoms with Gasteiger partial charge in [-0.25, -0.2) is 9.97 Å². The largest absolute Gasteiger partial charge is 0.296 e. The first kappa shape index (κ1) is 10.3. The minimum Gasteiger partial charge on any atom is -0.296 e. The Hall–Kier alpha value is -1.27. The van der Waals surface area contributed by atoms with Crippen LogP contribution >= 0.6 is 27.3 Å². The van der Waals surface area contributed by atoms with Gasteiger partial charge in [-0.05, 0) is 28.1 Å². The third-order valence-corrected chi connectivity index (χ3v) is 2.73. The van der Waals surface area contributed by atoms with Crippen molar-refractivity contribution in [3.05, 3.63) is 40.1 Å². The lowest BCUT2D eigenvalue weighted by atomic mass is 10.3. The number of carbonyl (C=O) groups is 1. The zero-order valence-electron chi connectivity index (χ0n) is 7.48. The fourth-order valence-electron chi connectivity index (χ4n) is 0.981. The van der Waals surface area contributed by atoms with Crippen molar-refractivity contribution in [1.82, 2.24) is 9.97 Å². The van der Waals surface area contributed by atoms with Crippen molar-refractivity contribution in [2.24, 2.45) is 0 Å². The molecule has 0 fully saturated rings. The van der Waals surface area contributed by atoms with Gasteiger partial charge in [0.05, 0.1) is 0 Å². The van der Waals surface area contributed by atoms with Gasteiger partial charge in [0.15, 0.2) is 5.13 Å². The van der Waals surface area contributed by atoms with Crippen LogP contribution in [0.25, 0.3) is 0 Å². The average molecular weight is 284 g/mol. The Morgan fingerprint density at radius 3 is 3.00 bits per heavy atom. The highest BCUT2D eigenvalue weighted by molar-refractivity contribution is 9.10. The van der Waals surface area contributed by atoms with E-state index in [9.17, 15) is 4.79 Å². The number of aromatic nitrogens is 2. The Balaban J connectivity index is 2.15. The van der Waals surface area contributed by atoms with E-state index in [1.54, 1.807) is 29.8 Å². The summed E-state index contributed by atoms with van der Waals surface area (Å²) in [5, 5.41) is 5.02. The average Bonchev–Trinajstić information content (AvgIpc) is 2.70. The Morgan fingerprint density at radius 2 is 2.33 bits per heavy atom. The number of nitrogens with one attached hydrogen (secondary N) is 1. The van der Waals surface area contributed by atoms with Crippen molar-refractivity contribution < 1.29 is 4.79 Å². The monoisotopic (exact) mass is 283 g/mol. The summed E-state index contributed by atoms with van der Waals surface area (Å²) in [4.78, 5) is 19.6. The van der Waals surface area contributed by atoms with Gasteiger partial charge >= 0.3 is 0 Å². The molecule has 6 heteroatoms. The van der Waals surface area contributed by atoms with E-state index < -0.39 is 0 Å². The van der Waals surface area contributed by atoms with Crippen LogP contribution in [0.3, 0.4) is 0 Å². The SMILES string of the molecule is O=C(Nc1nccs1)c1cccc(Br)n1. The molecule has 0 aliphatic rings.